The Morgan fingerprint density at radius 3 is 2.47 bits per heavy atom. The smallest absolute Gasteiger partial charge is 0.360 e. The van der Waals surface area contributed by atoms with Crippen molar-refractivity contribution in [2.24, 2.45) is 0 Å². The zero-order valence-electron chi connectivity index (χ0n) is 17.2. The van der Waals surface area contributed by atoms with Crippen LogP contribution in [0.4, 0.5) is 0 Å². The van der Waals surface area contributed by atoms with Crippen molar-refractivity contribution in [3.8, 4) is 0 Å². The van der Waals surface area contributed by atoms with Gasteiger partial charge in [0, 0.05) is 17.5 Å². The topological polar surface area (TPSA) is 91.4 Å². The number of allylic oxidation sites excluding steroid dienone is 1. The van der Waals surface area contributed by atoms with E-state index in [1.807, 2.05) is 6.92 Å². The molecule has 3 aromatic rings. The molecule has 0 atom stereocenters. The number of ether oxygens (including phenoxy) is 1. The van der Waals surface area contributed by atoms with E-state index in [2.05, 4.69) is 5.10 Å². The second-order valence-electron chi connectivity index (χ2n) is 8.23. The van der Waals surface area contributed by atoms with Gasteiger partial charge < -0.3 is 9.15 Å². The Morgan fingerprint density at radius 1 is 1.17 bits per heavy atom. The molecule has 2 aromatic heterocycles. The van der Waals surface area contributed by atoms with Crippen LogP contribution in [0.5, 0.6) is 0 Å². The Balaban J connectivity index is 1.84. The van der Waals surface area contributed by atoms with Gasteiger partial charge in [0.05, 0.1) is 23.1 Å². The lowest BCUT2D eigenvalue weighted by Gasteiger charge is -2.18. The fraction of sp³-hybridized carbons (Fsp3) is 0.273. The van der Waals surface area contributed by atoms with Crippen LogP contribution < -0.4 is 0 Å². The molecule has 8 heteroatoms. The minimum atomic E-state index is -3.99. The molecule has 4 rings (SSSR count). The first kappa shape index (κ1) is 20.2. The Morgan fingerprint density at radius 2 is 1.87 bits per heavy atom. The zero-order chi connectivity index (χ0) is 21.7. The van der Waals surface area contributed by atoms with Crippen molar-refractivity contribution in [2.45, 2.75) is 44.6 Å². The summed E-state index contributed by atoms with van der Waals surface area (Å²) in [6.45, 7) is 7.12. The molecule has 30 heavy (non-hydrogen) atoms. The maximum absolute atomic E-state index is 13.3. The average Bonchev–Trinajstić information content (AvgIpc) is 3.36. The van der Waals surface area contributed by atoms with E-state index >= 15 is 0 Å². The van der Waals surface area contributed by atoms with Crippen LogP contribution in [0.3, 0.4) is 0 Å². The van der Waals surface area contributed by atoms with Crippen LogP contribution in [0.25, 0.3) is 11.6 Å². The SMILES string of the molecule is Cc1ccc(S(=O)(=O)n2nc(C(=O)OC(C)(C)C)c3c2CC(c2ccoc2)=C3)cc1. The molecule has 1 aliphatic carbocycles. The largest absolute Gasteiger partial charge is 0.472 e. The van der Waals surface area contributed by atoms with Gasteiger partial charge in [0.25, 0.3) is 10.0 Å². The monoisotopic (exact) mass is 426 g/mol. The second kappa shape index (κ2) is 6.98. The van der Waals surface area contributed by atoms with Crippen LogP contribution in [-0.2, 0) is 21.2 Å². The first-order chi connectivity index (χ1) is 14.1. The number of fused-ring (bicyclic) bond motifs is 1. The zero-order valence-corrected chi connectivity index (χ0v) is 18.0. The summed E-state index contributed by atoms with van der Waals surface area (Å²) in [5, 5.41) is 4.19. The number of hydrogen-bond acceptors (Lipinski definition) is 6. The van der Waals surface area contributed by atoms with E-state index in [0.29, 0.717) is 17.7 Å². The molecule has 7 nitrogen and oxygen atoms in total. The van der Waals surface area contributed by atoms with Crippen LogP contribution in [-0.4, -0.2) is 29.2 Å². The van der Waals surface area contributed by atoms with Crippen LogP contribution in [0.15, 0.2) is 52.2 Å². The highest BCUT2D eigenvalue weighted by Gasteiger charge is 2.34. The van der Waals surface area contributed by atoms with Gasteiger partial charge in [0.15, 0.2) is 5.69 Å². The lowest BCUT2D eigenvalue weighted by atomic mass is 10.1. The Labute approximate surface area is 175 Å². The molecule has 1 aromatic carbocycles. The molecule has 0 unspecified atom stereocenters. The molecular formula is C22H22N2O5S. The molecule has 2 heterocycles. The summed E-state index contributed by atoms with van der Waals surface area (Å²) in [7, 11) is -3.99. The van der Waals surface area contributed by atoms with Gasteiger partial charge in [-0.05, 0) is 57.5 Å². The van der Waals surface area contributed by atoms with E-state index in [1.54, 1.807) is 57.6 Å². The summed E-state index contributed by atoms with van der Waals surface area (Å²) < 4.78 is 38.2. The minimum absolute atomic E-state index is 0.0193. The van der Waals surface area contributed by atoms with Gasteiger partial charge in [-0.2, -0.15) is 12.5 Å². The number of nitrogens with zero attached hydrogens (tertiary/aromatic N) is 2. The molecular weight excluding hydrogens is 404 g/mol. The molecule has 0 radical (unpaired) electrons. The van der Waals surface area contributed by atoms with E-state index in [-0.39, 0.29) is 10.6 Å². The van der Waals surface area contributed by atoms with Crippen LogP contribution >= 0.6 is 0 Å². The predicted octanol–water partition coefficient (Wildman–Crippen LogP) is 4.07. The lowest BCUT2D eigenvalue weighted by Crippen LogP contribution is -2.25. The van der Waals surface area contributed by atoms with E-state index in [1.165, 1.54) is 12.1 Å². The summed E-state index contributed by atoms with van der Waals surface area (Å²) in [5.74, 6) is -0.665. The summed E-state index contributed by atoms with van der Waals surface area (Å²) in [6.07, 6.45) is 5.20. The van der Waals surface area contributed by atoms with E-state index in [9.17, 15) is 13.2 Å². The Kier molecular flexibility index (Phi) is 4.69. The maximum Gasteiger partial charge on any atom is 0.360 e. The van der Waals surface area contributed by atoms with Crippen molar-refractivity contribution in [3.05, 3.63) is 70.9 Å². The summed E-state index contributed by atoms with van der Waals surface area (Å²) in [4.78, 5) is 12.9. The highest BCUT2D eigenvalue weighted by atomic mass is 32.2. The van der Waals surface area contributed by atoms with Crippen LogP contribution in [0.1, 0.15) is 53.6 Å². The van der Waals surface area contributed by atoms with Gasteiger partial charge in [-0.25, -0.2) is 4.79 Å². The van der Waals surface area contributed by atoms with Gasteiger partial charge in [-0.3, -0.25) is 0 Å². The number of furan rings is 1. The standard InChI is InChI=1S/C22H22N2O5S/c1-14-5-7-17(8-6-14)30(26,27)24-19-12-16(15-9-10-28-13-15)11-18(19)20(23-24)21(25)29-22(2,3)4/h5-11,13H,12H2,1-4H3. The molecule has 1 aliphatic rings. The molecule has 0 bridgehead atoms. The van der Waals surface area contributed by atoms with Crippen molar-refractivity contribution in [1.29, 1.82) is 0 Å². The van der Waals surface area contributed by atoms with E-state index in [4.69, 9.17) is 9.15 Å². The number of hydrogen-bond donors (Lipinski definition) is 0. The number of rotatable bonds is 4. The molecule has 0 N–H and O–H groups in total. The highest BCUT2D eigenvalue weighted by Crippen LogP contribution is 2.36. The number of aromatic nitrogens is 2. The van der Waals surface area contributed by atoms with E-state index in [0.717, 1.165) is 20.8 Å². The van der Waals surface area contributed by atoms with Gasteiger partial charge in [0.1, 0.15) is 5.60 Å². The third-order valence-corrected chi connectivity index (χ3v) is 6.32. The highest BCUT2D eigenvalue weighted by molar-refractivity contribution is 7.89. The molecule has 0 amide bonds. The van der Waals surface area contributed by atoms with Crippen molar-refractivity contribution >= 4 is 27.6 Å². The first-order valence-electron chi connectivity index (χ1n) is 9.47. The lowest BCUT2D eigenvalue weighted by molar-refractivity contribution is 0.00624. The van der Waals surface area contributed by atoms with Gasteiger partial charge in [-0.15, -0.1) is 5.10 Å². The predicted molar refractivity (Wildman–Crippen MR) is 111 cm³/mol. The average molecular weight is 426 g/mol. The quantitative estimate of drug-likeness (QED) is 0.584. The second-order valence-corrected chi connectivity index (χ2v) is 10.00. The summed E-state index contributed by atoms with van der Waals surface area (Å²) in [6, 6.07) is 8.30. The first-order valence-corrected chi connectivity index (χ1v) is 10.9. The van der Waals surface area contributed by atoms with Gasteiger partial charge in [0.2, 0.25) is 0 Å². The van der Waals surface area contributed by atoms with Crippen molar-refractivity contribution < 1.29 is 22.4 Å². The molecule has 0 saturated carbocycles. The minimum Gasteiger partial charge on any atom is -0.472 e. The normalized spacial score (nSPS) is 13.8. The van der Waals surface area contributed by atoms with Crippen molar-refractivity contribution in [3.63, 3.8) is 0 Å². The Bertz CT molecular complexity index is 1240. The third kappa shape index (κ3) is 3.59. The Hall–Kier alpha value is -3.13. The van der Waals surface area contributed by atoms with Gasteiger partial charge >= 0.3 is 5.97 Å². The molecule has 156 valence electrons. The fourth-order valence-corrected chi connectivity index (χ4v) is 4.61. The molecule has 0 saturated heterocycles. The third-order valence-electron chi connectivity index (χ3n) is 4.69. The fourth-order valence-electron chi connectivity index (χ4n) is 3.28. The maximum atomic E-state index is 13.3. The number of carbonyl (C=O) groups excluding carboxylic acids is 1. The molecule has 0 aliphatic heterocycles. The van der Waals surface area contributed by atoms with Crippen LogP contribution in [0.2, 0.25) is 0 Å². The van der Waals surface area contributed by atoms with E-state index < -0.39 is 21.6 Å². The van der Waals surface area contributed by atoms with Gasteiger partial charge in [-0.1, -0.05) is 17.7 Å². The van der Waals surface area contributed by atoms with Crippen LogP contribution in [0, 0.1) is 6.92 Å². The van der Waals surface area contributed by atoms with Crippen molar-refractivity contribution in [1.82, 2.24) is 9.19 Å². The molecule has 0 fully saturated rings. The summed E-state index contributed by atoms with van der Waals surface area (Å²) >= 11 is 0. The summed E-state index contributed by atoms with van der Waals surface area (Å²) in [5.41, 5.74) is 2.73. The van der Waals surface area contributed by atoms with Crippen molar-refractivity contribution in [2.75, 3.05) is 0 Å². The number of carbonyl (C=O) groups is 1. The number of benzene rings is 1. The number of aryl methyl sites for hydroxylation is 1. The number of esters is 1. The molecule has 0 spiro atoms.